The largest absolute Gasteiger partial charge is 0.508 e. The van der Waals surface area contributed by atoms with Crippen molar-refractivity contribution in [3.8, 4) is 33.3 Å². The summed E-state index contributed by atoms with van der Waals surface area (Å²) >= 11 is 1.52. The van der Waals surface area contributed by atoms with Gasteiger partial charge in [-0.15, -0.1) is 11.3 Å². The Bertz CT molecular complexity index is 1050. The Morgan fingerprint density at radius 3 is 2.65 bits per heavy atom. The number of nitrogens with zero attached hydrogens (tertiary/aromatic N) is 3. The van der Waals surface area contributed by atoms with E-state index in [1.807, 2.05) is 35.7 Å². The van der Waals surface area contributed by atoms with Crippen LogP contribution in [0.15, 0.2) is 66.3 Å². The Labute approximate surface area is 153 Å². The number of nitrogens with one attached hydrogen (secondary N) is 1. The minimum atomic E-state index is 0.0177. The van der Waals surface area contributed by atoms with Gasteiger partial charge in [-0.25, -0.2) is 15.0 Å². The van der Waals surface area contributed by atoms with Crippen LogP contribution in [0.4, 0.5) is 11.6 Å². The Morgan fingerprint density at radius 1 is 0.923 bits per heavy atom. The number of thiazole rings is 1. The highest BCUT2D eigenvalue weighted by Crippen LogP contribution is 2.33. The molecule has 0 spiro atoms. The van der Waals surface area contributed by atoms with E-state index in [1.54, 1.807) is 18.5 Å². The third-order valence-corrected chi connectivity index (χ3v) is 4.51. The van der Waals surface area contributed by atoms with Crippen LogP contribution in [-0.2, 0) is 0 Å². The van der Waals surface area contributed by atoms with Gasteiger partial charge >= 0.3 is 0 Å². The molecule has 4 aromatic rings. The summed E-state index contributed by atoms with van der Waals surface area (Å²) in [6, 6.07) is 13.9. The van der Waals surface area contributed by atoms with Crippen molar-refractivity contribution in [3.05, 3.63) is 66.3 Å². The molecule has 26 heavy (non-hydrogen) atoms. The molecule has 0 radical (unpaired) electrons. The highest BCUT2D eigenvalue weighted by molar-refractivity contribution is 7.13. The van der Waals surface area contributed by atoms with Crippen LogP contribution in [0.3, 0.4) is 0 Å². The number of hydrogen-bond donors (Lipinski definition) is 3. The zero-order chi connectivity index (χ0) is 17.9. The van der Waals surface area contributed by atoms with Gasteiger partial charge in [0.15, 0.2) is 0 Å². The molecule has 0 bridgehead atoms. The SMILES string of the molecule is Oc1ccc(-c2cccc(Nc3nccc(-c4nccs4)n3)c2)c(O)c1. The maximum Gasteiger partial charge on any atom is 0.227 e. The van der Waals surface area contributed by atoms with Crippen molar-refractivity contribution in [2.75, 3.05) is 5.32 Å². The third-order valence-electron chi connectivity index (χ3n) is 3.72. The van der Waals surface area contributed by atoms with Gasteiger partial charge in [0.05, 0.1) is 0 Å². The van der Waals surface area contributed by atoms with E-state index in [0.717, 1.165) is 22.0 Å². The minimum Gasteiger partial charge on any atom is -0.508 e. The molecule has 2 aromatic carbocycles. The molecular formula is C19H14N4O2S. The van der Waals surface area contributed by atoms with Crippen LogP contribution in [0.5, 0.6) is 11.5 Å². The lowest BCUT2D eigenvalue weighted by Gasteiger charge is -2.09. The predicted octanol–water partition coefficient (Wildman–Crippen LogP) is 4.42. The van der Waals surface area contributed by atoms with Crippen molar-refractivity contribution in [2.45, 2.75) is 0 Å². The van der Waals surface area contributed by atoms with E-state index in [2.05, 4.69) is 20.3 Å². The number of phenols is 2. The Morgan fingerprint density at radius 2 is 1.85 bits per heavy atom. The van der Waals surface area contributed by atoms with Crippen LogP contribution in [0.1, 0.15) is 0 Å². The monoisotopic (exact) mass is 362 g/mol. The summed E-state index contributed by atoms with van der Waals surface area (Å²) in [4.78, 5) is 13.0. The number of hydrogen-bond acceptors (Lipinski definition) is 7. The second-order valence-electron chi connectivity index (χ2n) is 5.51. The molecule has 7 heteroatoms. The van der Waals surface area contributed by atoms with Crippen LogP contribution in [0, 0.1) is 0 Å². The van der Waals surface area contributed by atoms with Crippen LogP contribution in [0.2, 0.25) is 0 Å². The van der Waals surface area contributed by atoms with Crippen molar-refractivity contribution in [3.63, 3.8) is 0 Å². The van der Waals surface area contributed by atoms with Gasteiger partial charge in [-0.05, 0) is 35.9 Å². The van der Waals surface area contributed by atoms with Gasteiger partial charge < -0.3 is 15.5 Å². The number of benzene rings is 2. The average Bonchev–Trinajstić information content (AvgIpc) is 3.17. The quantitative estimate of drug-likeness (QED) is 0.498. The van der Waals surface area contributed by atoms with E-state index >= 15 is 0 Å². The van der Waals surface area contributed by atoms with Crippen molar-refractivity contribution < 1.29 is 10.2 Å². The molecule has 0 fully saturated rings. The fraction of sp³-hybridized carbons (Fsp3) is 0. The summed E-state index contributed by atoms with van der Waals surface area (Å²) in [5.74, 6) is 0.502. The summed E-state index contributed by atoms with van der Waals surface area (Å²) in [6.45, 7) is 0. The number of aromatic nitrogens is 3. The molecule has 0 saturated heterocycles. The summed E-state index contributed by atoms with van der Waals surface area (Å²) in [5, 5.41) is 25.4. The molecule has 0 aliphatic heterocycles. The highest BCUT2D eigenvalue weighted by atomic mass is 32.1. The number of aromatic hydroxyl groups is 2. The Balaban J connectivity index is 1.63. The molecule has 0 atom stereocenters. The first kappa shape index (κ1) is 16.0. The first-order chi connectivity index (χ1) is 12.7. The molecule has 0 amide bonds. The summed E-state index contributed by atoms with van der Waals surface area (Å²) in [6.07, 6.45) is 3.42. The lowest BCUT2D eigenvalue weighted by Crippen LogP contribution is -1.98. The Hall–Kier alpha value is -3.45. The summed E-state index contributed by atoms with van der Waals surface area (Å²) < 4.78 is 0. The van der Waals surface area contributed by atoms with Crippen molar-refractivity contribution in [1.82, 2.24) is 15.0 Å². The molecular weight excluding hydrogens is 348 g/mol. The molecule has 128 valence electrons. The molecule has 0 saturated carbocycles. The molecule has 0 aliphatic carbocycles. The van der Waals surface area contributed by atoms with Gasteiger partial charge in [-0.3, -0.25) is 0 Å². The number of phenolic OH excluding ortho intramolecular Hbond substituents is 2. The van der Waals surface area contributed by atoms with Gasteiger partial charge in [0.1, 0.15) is 22.2 Å². The molecule has 2 heterocycles. The van der Waals surface area contributed by atoms with Crippen molar-refractivity contribution in [1.29, 1.82) is 0 Å². The van der Waals surface area contributed by atoms with E-state index in [1.165, 1.54) is 23.5 Å². The fourth-order valence-electron chi connectivity index (χ4n) is 2.55. The van der Waals surface area contributed by atoms with E-state index in [0.29, 0.717) is 11.5 Å². The Kier molecular flexibility index (Phi) is 4.20. The first-order valence-electron chi connectivity index (χ1n) is 7.81. The molecule has 0 unspecified atom stereocenters. The number of rotatable bonds is 4. The highest BCUT2D eigenvalue weighted by Gasteiger charge is 2.08. The zero-order valence-corrected chi connectivity index (χ0v) is 14.3. The van der Waals surface area contributed by atoms with Gasteiger partial charge in [-0.2, -0.15) is 0 Å². The van der Waals surface area contributed by atoms with E-state index in [9.17, 15) is 10.2 Å². The van der Waals surface area contributed by atoms with E-state index in [4.69, 9.17) is 0 Å². The topological polar surface area (TPSA) is 91.2 Å². The second-order valence-corrected chi connectivity index (χ2v) is 6.40. The summed E-state index contributed by atoms with van der Waals surface area (Å²) in [5.41, 5.74) is 2.98. The molecule has 2 aromatic heterocycles. The lowest BCUT2D eigenvalue weighted by molar-refractivity contribution is 0.452. The maximum absolute atomic E-state index is 10.1. The van der Waals surface area contributed by atoms with Crippen LogP contribution < -0.4 is 5.32 Å². The van der Waals surface area contributed by atoms with Gasteiger partial charge in [-0.1, -0.05) is 12.1 Å². The third kappa shape index (κ3) is 3.33. The number of anilines is 2. The zero-order valence-electron chi connectivity index (χ0n) is 13.5. The van der Waals surface area contributed by atoms with Gasteiger partial charge in [0.2, 0.25) is 5.95 Å². The van der Waals surface area contributed by atoms with E-state index in [-0.39, 0.29) is 11.5 Å². The van der Waals surface area contributed by atoms with Crippen molar-refractivity contribution >= 4 is 23.0 Å². The first-order valence-corrected chi connectivity index (χ1v) is 8.69. The van der Waals surface area contributed by atoms with Crippen LogP contribution >= 0.6 is 11.3 Å². The maximum atomic E-state index is 10.1. The minimum absolute atomic E-state index is 0.0177. The predicted molar refractivity (Wildman–Crippen MR) is 102 cm³/mol. The smallest absolute Gasteiger partial charge is 0.227 e. The molecule has 3 N–H and O–H groups in total. The normalized spacial score (nSPS) is 10.6. The van der Waals surface area contributed by atoms with Crippen molar-refractivity contribution in [2.24, 2.45) is 0 Å². The van der Waals surface area contributed by atoms with Gasteiger partial charge in [0, 0.05) is 35.1 Å². The van der Waals surface area contributed by atoms with E-state index < -0.39 is 0 Å². The van der Waals surface area contributed by atoms with Crippen LogP contribution in [-0.4, -0.2) is 25.2 Å². The summed E-state index contributed by atoms with van der Waals surface area (Å²) in [7, 11) is 0. The standard InChI is InChI=1S/C19H14N4O2S/c24-14-4-5-15(17(25)11-14)12-2-1-3-13(10-12)22-19-21-7-6-16(23-19)18-20-8-9-26-18/h1-11,24-25H,(H,21,22,23). The molecule has 4 rings (SSSR count). The van der Waals surface area contributed by atoms with Crippen LogP contribution in [0.25, 0.3) is 21.8 Å². The lowest BCUT2D eigenvalue weighted by atomic mass is 10.0. The van der Waals surface area contributed by atoms with Gasteiger partial charge in [0.25, 0.3) is 0 Å². The fourth-order valence-corrected chi connectivity index (χ4v) is 3.15. The average molecular weight is 362 g/mol. The molecule has 0 aliphatic rings. The molecule has 6 nitrogen and oxygen atoms in total. The second kappa shape index (κ2) is 6.81.